The number of hydrogen-bond acceptors (Lipinski definition) is 4. The first-order valence-electron chi connectivity index (χ1n) is 5.47. The summed E-state index contributed by atoms with van der Waals surface area (Å²) in [5, 5.41) is 1.51. The quantitative estimate of drug-likeness (QED) is 0.283. The average Bonchev–Trinajstić information content (AvgIpc) is 2.34. The highest BCUT2D eigenvalue weighted by atomic mass is 16.5. The molecule has 4 heteroatoms. The number of pyridine rings is 1. The largest absolute Gasteiger partial charge is 0.439 e. The zero-order valence-electron chi connectivity index (χ0n) is 10.7. The summed E-state index contributed by atoms with van der Waals surface area (Å²) >= 11 is 0. The summed E-state index contributed by atoms with van der Waals surface area (Å²) in [7, 11) is 1.76. The fourth-order valence-corrected chi connectivity index (χ4v) is 1.39. The van der Waals surface area contributed by atoms with Gasteiger partial charge < -0.3 is 9.75 Å². The maximum Gasteiger partial charge on any atom is 0.219 e. The SMILES string of the molecule is C#CC/C=C(\C=C)Oc1cc(C)c(N(C)N)cn1. The number of ether oxygens (including phenoxy) is 1. The number of anilines is 1. The molecule has 0 spiro atoms. The topological polar surface area (TPSA) is 51.4 Å². The van der Waals surface area contributed by atoms with E-state index in [2.05, 4.69) is 17.5 Å². The van der Waals surface area contributed by atoms with E-state index in [1.807, 2.05) is 13.0 Å². The Kier molecular flexibility index (Phi) is 4.97. The van der Waals surface area contributed by atoms with E-state index < -0.39 is 0 Å². The number of rotatable bonds is 5. The van der Waals surface area contributed by atoms with Gasteiger partial charge in [0.25, 0.3) is 0 Å². The number of nitrogens with zero attached hydrogens (tertiary/aromatic N) is 2. The van der Waals surface area contributed by atoms with Crippen LogP contribution >= 0.6 is 0 Å². The van der Waals surface area contributed by atoms with E-state index >= 15 is 0 Å². The maximum atomic E-state index is 5.66. The maximum absolute atomic E-state index is 5.66. The van der Waals surface area contributed by atoms with Crippen LogP contribution in [0.15, 0.2) is 36.8 Å². The first-order valence-corrected chi connectivity index (χ1v) is 5.47. The molecule has 0 atom stereocenters. The molecule has 0 fully saturated rings. The second kappa shape index (κ2) is 6.48. The molecule has 1 aromatic heterocycles. The molecule has 0 unspecified atom stereocenters. The fraction of sp³-hybridized carbons (Fsp3) is 0.214. The van der Waals surface area contributed by atoms with Gasteiger partial charge in [-0.2, -0.15) is 0 Å². The van der Waals surface area contributed by atoms with Crippen molar-refractivity contribution < 1.29 is 4.74 Å². The Hall–Kier alpha value is -2.25. The summed E-state index contributed by atoms with van der Waals surface area (Å²) in [4.78, 5) is 4.17. The average molecular weight is 243 g/mol. The van der Waals surface area contributed by atoms with E-state index in [0.29, 0.717) is 18.1 Å². The molecular weight excluding hydrogens is 226 g/mol. The van der Waals surface area contributed by atoms with Crippen LogP contribution in [0.3, 0.4) is 0 Å². The molecule has 4 nitrogen and oxygen atoms in total. The molecular formula is C14H17N3O. The van der Waals surface area contributed by atoms with E-state index in [0.717, 1.165) is 11.3 Å². The van der Waals surface area contributed by atoms with E-state index in [9.17, 15) is 0 Å². The van der Waals surface area contributed by atoms with Crippen LogP contribution in [-0.2, 0) is 0 Å². The van der Waals surface area contributed by atoms with E-state index in [-0.39, 0.29) is 0 Å². The predicted molar refractivity (Wildman–Crippen MR) is 73.9 cm³/mol. The molecule has 2 N–H and O–H groups in total. The van der Waals surface area contributed by atoms with Crippen LogP contribution < -0.4 is 15.6 Å². The van der Waals surface area contributed by atoms with Crippen molar-refractivity contribution in [2.24, 2.45) is 5.84 Å². The van der Waals surface area contributed by atoms with Crippen molar-refractivity contribution in [1.82, 2.24) is 4.98 Å². The summed E-state index contributed by atoms with van der Waals surface area (Å²) in [6.07, 6.45) is 10.7. The van der Waals surface area contributed by atoms with Crippen LogP contribution in [0.2, 0.25) is 0 Å². The smallest absolute Gasteiger partial charge is 0.219 e. The summed E-state index contributed by atoms with van der Waals surface area (Å²) in [6.45, 7) is 5.60. The molecule has 0 saturated carbocycles. The minimum Gasteiger partial charge on any atom is -0.439 e. The van der Waals surface area contributed by atoms with Crippen LogP contribution in [0.5, 0.6) is 5.88 Å². The fourth-order valence-electron chi connectivity index (χ4n) is 1.39. The molecule has 0 bridgehead atoms. The summed E-state index contributed by atoms with van der Waals surface area (Å²) in [5.74, 6) is 9.25. The highest BCUT2D eigenvalue weighted by Gasteiger charge is 2.05. The second-order valence-electron chi connectivity index (χ2n) is 3.74. The van der Waals surface area contributed by atoms with Crippen LogP contribution in [0, 0.1) is 19.3 Å². The minimum atomic E-state index is 0.487. The summed E-state index contributed by atoms with van der Waals surface area (Å²) in [6, 6.07) is 1.81. The van der Waals surface area contributed by atoms with E-state index in [1.54, 1.807) is 25.4 Å². The highest BCUT2D eigenvalue weighted by Crippen LogP contribution is 2.21. The number of aryl methyl sites for hydroxylation is 1. The number of nitrogens with two attached hydrogens (primary N) is 1. The molecule has 18 heavy (non-hydrogen) atoms. The molecule has 0 aliphatic rings. The van der Waals surface area contributed by atoms with Gasteiger partial charge in [-0.3, -0.25) is 0 Å². The number of allylic oxidation sites excluding steroid dienone is 2. The van der Waals surface area contributed by atoms with Gasteiger partial charge in [-0.15, -0.1) is 12.3 Å². The lowest BCUT2D eigenvalue weighted by atomic mass is 10.2. The van der Waals surface area contributed by atoms with Crippen LogP contribution in [-0.4, -0.2) is 12.0 Å². The van der Waals surface area contributed by atoms with Crippen molar-refractivity contribution in [3.8, 4) is 18.2 Å². The molecule has 94 valence electrons. The molecule has 1 heterocycles. The third-order valence-corrected chi connectivity index (χ3v) is 2.28. The first-order chi connectivity index (χ1) is 8.58. The van der Waals surface area contributed by atoms with E-state index in [4.69, 9.17) is 17.0 Å². The molecule has 0 aliphatic heterocycles. The molecule has 0 radical (unpaired) electrons. The van der Waals surface area contributed by atoms with Crippen LogP contribution in [0.25, 0.3) is 0 Å². The summed E-state index contributed by atoms with van der Waals surface area (Å²) in [5.41, 5.74) is 1.82. The third kappa shape index (κ3) is 3.65. The van der Waals surface area contributed by atoms with Gasteiger partial charge in [0.1, 0.15) is 5.76 Å². The predicted octanol–water partition coefficient (Wildman–Crippen LogP) is 2.17. The van der Waals surface area contributed by atoms with Crippen molar-refractivity contribution in [1.29, 1.82) is 0 Å². The van der Waals surface area contributed by atoms with Crippen molar-refractivity contribution in [2.75, 3.05) is 12.1 Å². The van der Waals surface area contributed by atoms with Gasteiger partial charge in [-0.1, -0.05) is 6.58 Å². The van der Waals surface area contributed by atoms with Gasteiger partial charge in [0.05, 0.1) is 11.9 Å². The van der Waals surface area contributed by atoms with Crippen LogP contribution in [0.1, 0.15) is 12.0 Å². The number of hydrogen-bond donors (Lipinski definition) is 1. The number of aromatic nitrogens is 1. The Balaban J connectivity index is 2.89. The normalized spacial score (nSPS) is 10.7. The van der Waals surface area contributed by atoms with Gasteiger partial charge in [0.15, 0.2) is 0 Å². The Bertz CT molecular complexity index is 498. The van der Waals surface area contributed by atoms with Crippen molar-refractivity contribution in [3.05, 3.63) is 42.3 Å². The Morgan fingerprint density at radius 2 is 2.44 bits per heavy atom. The molecule has 0 amide bonds. The zero-order valence-corrected chi connectivity index (χ0v) is 10.7. The first kappa shape index (κ1) is 13.8. The molecule has 1 aromatic rings. The molecule has 0 saturated heterocycles. The lowest BCUT2D eigenvalue weighted by molar-refractivity contribution is 0.425. The highest BCUT2D eigenvalue weighted by molar-refractivity contribution is 5.51. The minimum absolute atomic E-state index is 0.487. The third-order valence-electron chi connectivity index (χ3n) is 2.28. The van der Waals surface area contributed by atoms with Crippen molar-refractivity contribution >= 4 is 5.69 Å². The van der Waals surface area contributed by atoms with Gasteiger partial charge in [0.2, 0.25) is 5.88 Å². The monoisotopic (exact) mass is 243 g/mol. The Morgan fingerprint density at radius 1 is 1.72 bits per heavy atom. The van der Waals surface area contributed by atoms with Crippen molar-refractivity contribution in [3.63, 3.8) is 0 Å². The van der Waals surface area contributed by atoms with Crippen molar-refractivity contribution in [2.45, 2.75) is 13.3 Å². The zero-order chi connectivity index (χ0) is 13.5. The standard InChI is InChI=1S/C14H17N3O/c1-5-7-8-12(6-2)18-14-9-11(3)13(10-16-14)17(4)15/h1,6,8-10H,2,7,15H2,3-4H3/b12-8+. The number of terminal acetylenes is 1. The van der Waals surface area contributed by atoms with Crippen LogP contribution in [0.4, 0.5) is 5.69 Å². The van der Waals surface area contributed by atoms with Gasteiger partial charge in [-0.05, 0) is 24.6 Å². The Labute approximate surface area is 108 Å². The molecule has 0 aromatic carbocycles. The Morgan fingerprint density at radius 3 is 2.94 bits per heavy atom. The summed E-state index contributed by atoms with van der Waals surface area (Å²) < 4.78 is 5.56. The number of hydrazine groups is 1. The lowest BCUT2D eigenvalue weighted by Gasteiger charge is -2.15. The lowest BCUT2D eigenvalue weighted by Crippen LogP contribution is -2.25. The second-order valence-corrected chi connectivity index (χ2v) is 3.74. The molecule has 1 rings (SSSR count). The van der Waals surface area contributed by atoms with Gasteiger partial charge in [0, 0.05) is 19.5 Å². The van der Waals surface area contributed by atoms with E-state index in [1.165, 1.54) is 5.01 Å². The van der Waals surface area contributed by atoms with Gasteiger partial charge >= 0.3 is 0 Å². The van der Waals surface area contributed by atoms with Gasteiger partial charge in [-0.25, -0.2) is 10.8 Å². The molecule has 0 aliphatic carbocycles.